The van der Waals surface area contributed by atoms with Crippen molar-refractivity contribution in [2.24, 2.45) is 0 Å². The maximum atomic E-state index is 13.1. The summed E-state index contributed by atoms with van der Waals surface area (Å²) in [5, 5.41) is 2.78. The van der Waals surface area contributed by atoms with Gasteiger partial charge in [0.2, 0.25) is 15.9 Å². The van der Waals surface area contributed by atoms with Gasteiger partial charge in [0, 0.05) is 6.54 Å². The Balaban J connectivity index is 1.96. The molecule has 2 aromatic carbocycles. The molecule has 146 valence electrons. The Morgan fingerprint density at radius 2 is 1.70 bits per heavy atom. The summed E-state index contributed by atoms with van der Waals surface area (Å²) < 4.78 is 38.4. The van der Waals surface area contributed by atoms with Crippen molar-refractivity contribution >= 4 is 21.6 Å². The van der Waals surface area contributed by atoms with Crippen molar-refractivity contribution in [3.8, 4) is 0 Å². The second kappa shape index (κ2) is 8.99. The molecular formula is C20H25FN2O3S. The van der Waals surface area contributed by atoms with E-state index in [-0.39, 0.29) is 5.69 Å². The zero-order valence-corrected chi connectivity index (χ0v) is 16.6. The number of amides is 1. The minimum atomic E-state index is -3.70. The second-order valence-corrected chi connectivity index (χ2v) is 8.45. The van der Waals surface area contributed by atoms with Crippen molar-refractivity contribution in [2.45, 2.75) is 32.7 Å². The molecule has 0 saturated heterocycles. The Morgan fingerprint density at radius 3 is 2.26 bits per heavy atom. The van der Waals surface area contributed by atoms with Gasteiger partial charge in [0.1, 0.15) is 11.9 Å². The number of carbonyl (C=O) groups is 1. The molecule has 5 nitrogen and oxygen atoms in total. The quantitative estimate of drug-likeness (QED) is 0.702. The second-order valence-electron chi connectivity index (χ2n) is 6.59. The van der Waals surface area contributed by atoms with E-state index in [0.717, 1.165) is 23.4 Å². The van der Waals surface area contributed by atoms with Crippen LogP contribution in [0, 0.1) is 12.7 Å². The number of sulfonamides is 1. The van der Waals surface area contributed by atoms with Crippen LogP contribution in [-0.4, -0.2) is 33.2 Å². The van der Waals surface area contributed by atoms with Gasteiger partial charge in [-0.25, -0.2) is 12.8 Å². The molecule has 0 aromatic heterocycles. The topological polar surface area (TPSA) is 66.5 Å². The third-order valence-corrected chi connectivity index (χ3v) is 5.47. The zero-order valence-electron chi connectivity index (χ0n) is 15.8. The predicted molar refractivity (Wildman–Crippen MR) is 106 cm³/mol. The number of nitrogens with one attached hydrogen (secondary N) is 1. The van der Waals surface area contributed by atoms with E-state index in [1.54, 1.807) is 0 Å². The maximum Gasteiger partial charge on any atom is 0.243 e. The molecule has 2 aromatic rings. The van der Waals surface area contributed by atoms with Crippen LogP contribution in [0.5, 0.6) is 0 Å². The third kappa shape index (κ3) is 6.06. The van der Waals surface area contributed by atoms with Crippen molar-refractivity contribution in [2.75, 3.05) is 17.1 Å². The van der Waals surface area contributed by atoms with Gasteiger partial charge in [-0.1, -0.05) is 29.8 Å². The normalized spacial score (nSPS) is 12.4. The standard InChI is InChI=1S/C20H25FN2O3S/c1-15-6-8-17(9-7-15)5-4-14-22-20(24)16(2)23(27(3,25)26)19-12-10-18(21)11-13-19/h6-13,16H,4-5,14H2,1-3H3,(H,22,24)/t16-/m1/s1. The molecule has 1 atom stereocenters. The van der Waals surface area contributed by atoms with Gasteiger partial charge in [0.15, 0.2) is 0 Å². The van der Waals surface area contributed by atoms with Gasteiger partial charge in [-0.2, -0.15) is 0 Å². The highest BCUT2D eigenvalue weighted by atomic mass is 32.2. The highest BCUT2D eigenvalue weighted by Gasteiger charge is 2.28. The van der Waals surface area contributed by atoms with Crippen molar-refractivity contribution in [3.05, 3.63) is 65.5 Å². The van der Waals surface area contributed by atoms with E-state index in [2.05, 4.69) is 17.4 Å². The lowest BCUT2D eigenvalue weighted by molar-refractivity contribution is -0.121. The average Bonchev–Trinajstić information content (AvgIpc) is 2.60. The first kappa shape index (κ1) is 20.9. The molecule has 0 radical (unpaired) electrons. The first-order valence-corrected chi connectivity index (χ1v) is 10.6. The number of benzene rings is 2. The summed E-state index contributed by atoms with van der Waals surface area (Å²) in [4.78, 5) is 12.4. The van der Waals surface area contributed by atoms with E-state index in [9.17, 15) is 17.6 Å². The number of carbonyl (C=O) groups excluding carboxylic acids is 1. The Morgan fingerprint density at radius 1 is 1.11 bits per heavy atom. The monoisotopic (exact) mass is 392 g/mol. The van der Waals surface area contributed by atoms with Crippen LogP contribution in [0.1, 0.15) is 24.5 Å². The fourth-order valence-electron chi connectivity index (χ4n) is 2.80. The lowest BCUT2D eigenvalue weighted by atomic mass is 10.1. The Bertz CT molecular complexity index is 865. The van der Waals surface area contributed by atoms with Crippen LogP contribution < -0.4 is 9.62 Å². The van der Waals surface area contributed by atoms with E-state index in [1.165, 1.54) is 42.3 Å². The van der Waals surface area contributed by atoms with Gasteiger partial charge in [0.25, 0.3) is 0 Å². The molecule has 1 amide bonds. The minimum absolute atomic E-state index is 0.251. The van der Waals surface area contributed by atoms with Crippen molar-refractivity contribution < 1.29 is 17.6 Å². The predicted octanol–water partition coefficient (Wildman–Crippen LogP) is 3.04. The number of rotatable bonds is 8. The fourth-order valence-corrected chi connectivity index (χ4v) is 3.98. The molecule has 2 rings (SSSR count). The molecule has 0 spiro atoms. The Hall–Kier alpha value is -2.41. The summed E-state index contributed by atoms with van der Waals surface area (Å²) in [5.41, 5.74) is 2.63. The van der Waals surface area contributed by atoms with E-state index < -0.39 is 27.8 Å². The van der Waals surface area contributed by atoms with Gasteiger partial charge < -0.3 is 5.32 Å². The molecule has 0 unspecified atom stereocenters. The Labute approximate surface area is 160 Å². The fraction of sp³-hybridized carbons (Fsp3) is 0.350. The number of hydrogen-bond acceptors (Lipinski definition) is 3. The molecule has 27 heavy (non-hydrogen) atoms. The van der Waals surface area contributed by atoms with E-state index >= 15 is 0 Å². The van der Waals surface area contributed by atoms with E-state index in [4.69, 9.17) is 0 Å². The molecule has 0 aliphatic rings. The molecule has 0 saturated carbocycles. The van der Waals surface area contributed by atoms with Crippen LogP contribution in [0.15, 0.2) is 48.5 Å². The number of anilines is 1. The highest BCUT2D eigenvalue weighted by molar-refractivity contribution is 7.92. The van der Waals surface area contributed by atoms with Gasteiger partial charge in [-0.05, 0) is 56.5 Å². The minimum Gasteiger partial charge on any atom is -0.354 e. The largest absolute Gasteiger partial charge is 0.354 e. The van der Waals surface area contributed by atoms with Gasteiger partial charge in [0.05, 0.1) is 11.9 Å². The first-order chi connectivity index (χ1) is 12.7. The molecule has 7 heteroatoms. The van der Waals surface area contributed by atoms with Crippen molar-refractivity contribution in [1.29, 1.82) is 0 Å². The summed E-state index contributed by atoms with van der Waals surface area (Å²) in [6.45, 7) is 3.98. The summed E-state index contributed by atoms with van der Waals surface area (Å²) in [7, 11) is -3.70. The number of hydrogen-bond donors (Lipinski definition) is 1. The summed E-state index contributed by atoms with van der Waals surface area (Å²) in [6.07, 6.45) is 2.59. The van der Waals surface area contributed by atoms with Crippen LogP contribution in [0.2, 0.25) is 0 Å². The summed E-state index contributed by atoms with van der Waals surface area (Å²) in [6, 6.07) is 12.3. The molecular weight excluding hydrogens is 367 g/mol. The molecule has 0 bridgehead atoms. The third-order valence-electron chi connectivity index (χ3n) is 4.23. The molecule has 0 aliphatic carbocycles. The van der Waals surface area contributed by atoms with Crippen molar-refractivity contribution in [1.82, 2.24) is 5.32 Å². The van der Waals surface area contributed by atoms with Gasteiger partial charge in [-0.15, -0.1) is 0 Å². The van der Waals surface area contributed by atoms with E-state index in [0.29, 0.717) is 6.54 Å². The van der Waals surface area contributed by atoms with Crippen LogP contribution in [-0.2, 0) is 21.2 Å². The Kier molecular flexibility index (Phi) is 6.96. The lowest BCUT2D eigenvalue weighted by Crippen LogP contribution is -2.48. The molecule has 0 fully saturated rings. The van der Waals surface area contributed by atoms with Crippen LogP contribution in [0.3, 0.4) is 0 Å². The SMILES string of the molecule is Cc1ccc(CCCNC(=O)[C@@H](C)N(c2ccc(F)cc2)S(C)(=O)=O)cc1. The van der Waals surface area contributed by atoms with Crippen LogP contribution in [0.25, 0.3) is 0 Å². The van der Waals surface area contributed by atoms with E-state index in [1.807, 2.05) is 19.1 Å². The zero-order chi connectivity index (χ0) is 20.0. The average molecular weight is 392 g/mol. The number of halogens is 1. The smallest absolute Gasteiger partial charge is 0.243 e. The molecule has 1 N–H and O–H groups in total. The number of aryl methyl sites for hydroxylation is 2. The first-order valence-electron chi connectivity index (χ1n) is 8.76. The van der Waals surface area contributed by atoms with Gasteiger partial charge in [-0.3, -0.25) is 9.10 Å². The van der Waals surface area contributed by atoms with Gasteiger partial charge >= 0.3 is 0 Å². The maximum absolute atomic E-state index is 13.1. The number of nitrogens with zero attached hydrogens (tertiary/aromatic N) is 1. The molecule has 0 heterocycles. The highest BCUT2D eigenvalue weighted by Crippen LogP contribution is 2.21. The summed E-state index contributed by atoms with van der Waals surface area (Å²) in [5.74, 6) is -0.867. The molecule has 0 aliphatic heterocycles. The van der Waals surface area contributed by atoms with Crippen molar-refractivity contribution in [3.63, 3.8) is 0 Å². The van der Waals surface area contributed by atoms with Crippen LogP contribution in [0.4, 0.5) is 10.1 Å². The lowest BCUT2D eigenvalue weighted by Gasteiger charge is -2.28. The summed E-state index contributed by atoms with van der Waals surface area (Å²) >= 11 is 0. The van der Waals surface area contributed by atoms with Crippen LogP contribution >= 0.6 is 0 Å².